The number of fused-ring (bicyclic) bond motifs is 1. The molecule has 0 radical (unpaired) electrons. The molecule has 0 fully saturated rings. The third-order valence-corrected chi connectivity index (χ3v) is 4.58. The fourth-order valence-electron chi connectivity index (χ4n) is 3.42. The molecule has 1 nitrogen and oxygen atoms in total. The van der Waals surface area contributed by atoms with Crippen molar-refractivity contribution >= 4 is 5.78 Å². The minimum atomic E-state index is 0.235. The molecule has 0 bridgehead atoms. The maximum absolute atomic E-state index is 12.6. The van der Waals surface area contributed by atoms with Crippen LogP contribution in [0, 0.1) is 5.92 Å². The molecule has 1 aromatic carbocycles. The van der Waals surface area contributed by atoms with Crippen molar-refractivity contribution < 1.29 is 4.79 Å². The molecular weight excluding hydrogens is 232 g/mol. The third kappa shape index (κ3) is 2.80. The molecule has 19 heavy (non-hydrogen) atoms. The van der Waals surface area contributed by atoms with Gasteiger partial charge in [0.05, 0.1) is 0 Å². The molecule has 100 valence electrons. The zero-order valence-electron chi connectivity index (χ0n) is 11.5. The number of aryl methyl sites for hydroxylation is 1. The number of hydrogen-bond donors (Lipinski definition) is 0. The Hall–Kier alpha value is -1.37. The SMILES string of the molecule is O=C(C1=CCCCCC1)C1CCc2ccccc2C1. The summed E-state index contributed by atoms with van der Waals surface area (Å²) in [6.45, 7) is 0. The van der Waals surface area contributed by atoms with E-state index in [1.807, 2.05) is 0 Å². The molecule has 2 aliphatic carbocycles. The summed E-state index contributed by atoms with van der Waals surface area (Å²) in [7, 11) is 0. The molecule has 0 aliphatic heterocycles. The van der Waals surface area contributed by atoms with Crippen LogP contribution in [-0.2, 0) is 17.6 Å². The Morgan fingerprint density at radius 3 is 2.74 bits per heavy atom. The summed E-state index contributed by atoms with van der Waals surface area (Å²) in [4.78, 5) is 12.6. The number of hydrogen-bond acceptors (Lipinski definition) is 1. The predicted molar refractivity (Wildman–Crippen MR) is 78.1 cm³/mol. The number of carbonyl (C=O) groups is 1. The summed E-state index contributed by atoms with van der Waals surface area (Å²) >= 11 is 0. The first-order valence-electron chi connectivity index (χ1n) is 7.64. The molecule has 3 rings (SSSR count). The van der Waals surface area contributed by atoms with E-state index in [-0.39, 0.29) is 5.92 Å². The highest BCUT2D eigenvalue weighted by Gasteiger charge is 2.26. The van der Waals surface area contributed by atoms with Gasteiger partial charge in [0.2, 0.25) is 0 Å². The number of rotatable bonds is 2. The highest BCUT2D eigenvalue weighted by atomic mass is 16.1. The van der Waals surface area contributed by atoms with E-state index in [1.165, 1.54) is 30.4 Å². The fraction of sp³-hybridized carbons (Fsp3) is 0.500. The summed E-state index contributed by atoms with van der Waals surface area (Å²) in [5, 5.41) is 0. The second-order valence-corrected chi connectivity index (χ2v) is 5.90. The normalized spacial score (nSPS) is 23.2. The second-order valence-electron chi connectivity index (χ2n) is 5.90. The summed E-state index contributed by atoms with van der Waals surface area (Å²) in [6, 6.07) is 8.60. The number of benzene rings is 1. The van der Waals surface area contributed by atoms with Gasteiger partial charge in [-0.15, -0.1) is 0 Å². The molecule has 1 unspecified atom stereocenters. The van der Waals surface area contributed by atoms with Gasteiger partial charge in [0.1, 0.15) is 0 Å². The lowest BCUT2D eigenvalue weighted by Gasteiger charge is -2.24. The average Bonchev–Trinajstić information content (AvgIpc) is 2.75. The van der Waals surface area contributed by atoms with Crippen LogP contribution in [0.4, 0.5) is 0 Å². The molecule has 2 aliphatic rings. The lowest BCUT2D eigenvalue weighted by atomic mass is 9.79. The van der Waals surface area contributed by atoms with Crippen LogP contribution in [0.15, 0.2) is 35.9 Å². The lowest BCUT2D eigenvalue weighted by Crippen LogP contribution is -2.24. The first-order valence-corrected chi connectivity index (χ1v) is 7.64. The quantitative estimate of drug-likeness (QED) is 0.771. The van der Waals surface area contributed by atoms with Crippen LogP contribution in [0.1, 0.15) is 49.7 Å². The van der Waals surface area contributed by atoms with Crippen molar-refractivity contribution in [2.75, 3.05) is 0 Å². The van der Waals surface area contributed by atoms with Crippen LogP contribution in [0.2, 0.25) is 0 Å². The van der Waals surface area contributed by atoms with Gasteiger partial charge in [-0.1, -0.05) is 36.8 Å². The van der Waals surface area contributed by atoms with E-state index in [9.17, 15) is 4.79 Å². The van der Waals surface area contributed by atoms with Gasteiger partial charge in [0.25, 0.3) is 0 Å². The number of ketones is 1. The van der Waals surface area contributed by atoms with E-state index in [1.54, 1.807) is 0 Å². The molecule has 0 amide bonds. The number of Topliss-reactive ketones (excluding diaryl/α,β-unsaturated/α-hetero) is 1. The van der Waals surface area contributed by atoms with E-state index in [0.717, 1.165) is 37.7 Å². The molecule has 0 saturated heterocycles. The first-order chi connectivity index (χ1) is 9.34. The Morgan fingerprint density at radius 1 is 1.00 bits per heavy atom. The summed E-state index contributed by atoms with van der Waals surface area (Å²) in [6.07, 6.45) is 11.1. The fourth-order valence-corrected chi connectivity index (χ4v) is 3.42. The standard InChI is InChI=1S/C18H22O/c19-18(15-8-3-1-2-4-9-15)17-12-11-14-7-5-6-10-16(14)13-17/h5-8,10,17H,1-4,9,11-13H2. The van der Waals surface area contributed by atoms with Crippen molar-refractivity contribution in [3.8, 4) is 0 Å². The van der Waals surface area contributed by atoms with Crippen molar-refractivity contribution in [2.24, 2.45) is 5.92 Å². The Balaban J connectivity index is 1.74. The molecule has 1 heteroatoms. The van der Waals surface area contributed by atoms with Gasteiger partial charge in [-0.2, -0.15) is 0 Å². The summed E-state index contributed by atoms with van der Waals surface area (Å²) in [5.74, 6) is 0.677. The smallest absolute Gasteiger partial charge is 0.161 e. The van der Waals surface area contributed by atoms with E-state index in [4.69, 9.17) is 0 Å². The first kappa shape index (κ1) is 12.7. The van der Waals surface area contributed by atoms with E-state index in [0.29, 0.717) is 5.78 Å². The van der Waals surface area contributed by atoms with Gasteiger partial charge in [-0.05, 0) is 61.6 Å². The van der Waals surface area contributed by atoms with Crippen molar-refractivity contribution in [1.29, 1.82) is 0 Å². The summed E-state index contributed by atoms with van der Waals surface area (Å²) in [5.41, 5.74) is 3.96. The van der Waals surface area contributed by atoms with Crippen LogP contribution in [0.3, 0.4) is 0 Å². The van der Waals surface area contributed by atoms with Crippen molar-refractivity contribution in [3.05, 3.63) is 47.0 Å². The van der Waals surface area contributed by atoms with Crippen LogP contribution >= 0.6 is 0 Å². The van der Waals surface area contributed by atoms with Crippen LogP contribution < -0.4 is 0 Å². The Kier molecular flexibility index (Phi) is 3.82. The van der Waals surface area contributed by atoms with Gasteiger partial charge < -0.3 is 0 Å². The van der Waals surface area contributed by atoms with Crippen LogP contribution in [-0.4, -0.2) is 5.78 Å². The van der Waals surface area contributed by atoms with Crippen molar-refractivity contribution in [1.82, 2.24) is 0 Å². The number of carbonyl (C=O) groups excluding carboxylic acids is 1. The van der Waals surface area contributed by atoms with E-state index >= 15 is 0 Å². The highest BCUT2D eigenvalue weighted by Crippen LogP contribution is 2.29. The van der Waals surface area contributed by atoms with Crippen molar-refractivity contribution in [3.63, 3.8) is 0 Å². The zero-order chi connectivity index (χ0) is 13.1. The van der Waals surface area contributed by atoms with E-state index < -0.39 is 0 Å². The van der Waals surface area contributed by atoms with Crippen LogP contribution in [0.25, 0.3) is 0 Å². The van der Waals surface area contributed by atoms with Crippen molar-refractivity contribution in [2.45, 2.75) is 51.4 Å². The minimum Gasteiger partial charge on any atom is -0.294 e. The minimum absolute atomic E-state index is 0.235. The molecule has 0 heterocycles. The Morgan fingerprint density at radius 2 is 1.84 bits per heavy atom. The van der Waals surface area contributed by atoms with Gasteiger partial charge >= 0.3 is 0 Å². The number of allylic oxidation sites excluding steroid dienone is 2. The van der Waals surface area contributed by atoms with E-state index in [2.05, 4.69) is 30.3 Å². The second kappa shape index (κ2) is 5.73. The average molecular weight is 254 g/mol. The highest BCUT2D eigenvalue weighted by molar-refractivity contribution is 5.97. The Labute approximate surface area is 115 Å². The van der Waals surface area contributed by atoms with Gasteiger partial charge in [-0.25, -0.2) is 0 Å². The monoisotopic (exact) mass is 254 g/mol. The van der Waals surface area contributed by atoms with Crippen LogP contribution in [0.5, 0.6) is 0 Å². The predicted octanol–water partition coefficient (Wildman–Crippen LogP) is 4.25. The molecule has 0 spiro atoms. The maximum Gasteiger partial charge on any atom is 0.161 e. The molecule has 0 N–H and O–H groups in total. The summed E-state index contributed by atoms with van der Waals surface area (Å²) < 4.78 is 0. The topological polar surface area (TPSA) is 17.1 Å². The lowest BCUT2D eigenvalue weighted by molar-refractivity contribution is -0.119. The van der Waals surface area contributed by atoms with Gasteiger partial charge in [0.15, 0.2) is 5.78 Å². The maximum atomic E-state index is 12.6. The molecule has 0 saturated carbocycles. The zero-order valence-corrected chi connectivity index (χ0v) is 11.5. The molecule has 1 atom stereocenters. The molecule has 0 aromatic heterocycles. The van der Waals surface area contributed by atoms with Gasteiger partial charge in [0, 0.05) is 5.92 Å². The molecular formula is C18H22O. The largest absolute Gasteiger partial charge is 0.294 e. The molecule has 1 aromatic rings. The third-order valence-electron chi connectivity index (χ3n) is 4.58. The van der Waals surface area contributed by atoms with Gasteiger partial charge in [-0.3, -0.25) is 4.79 Å². The Bertz CT molecular complexity index is 498.